The van der Waals surface area contributed by atoms with Crippen molar-refractivity contribution in [3.05, 3.63) is 36.0 Å². The third-order valence-electron chi connectivity index (χ3n) is 2.74. The molecule has 0 aliphatic carbocycles. The maximum atomic E-state index is 13.2. The second-order valence-electron chi connectivity index (χ2n) is 3.96. The summed E-state index contributed by atoms with van der Waals surface area (Å²) >= 11 is 0. The Kier molecular flexibility index (Phi) is 2.61. The van der Waals surface area contributed by atoms with Crippen molar-refractivity contribution in [2.24, 2.45) is 7.05 Å². The van der Waals surface area contributed by atoms with Crippen LogP contribution in [0.15, 0.2) is 30.5 Å². The quantitative estimate of drug-likeness (QED) is 0.893. The number of carboxylic acid groups (broad SMARTS) is 1. The number of alkyl halides is 2. The molecule has 2 rings (SSSR count). The standard InChI is InChI=1S/C12H11F2NO2/c1-15-6-5-9-8(3-2-4-10(9)15)7-12(13,14)11(16)17/h2-6H,7H2,1H3,(H,16,17). The molecule has 0 fully saturated rings. The van der Waals surface area contributed by atoms with Gasteiger partial charge in [0.1, 0.15) is 0 Å². The van der Waals surface area contributed by atoms with Crippen molar-refractivity contribution in [3.63, 3.8) is 0 Å². The molecule has 0 saturated carbocycles. The molecule has 0 unspecified atom stereocenters. The summed E-state index contributed by atoms with van der Waals surface area (Å²) in [5.74, 6) is -5.82. The summed E-state index contributed by atoms with van der Waals surface area (Å²) in [6.07, 6.45) is 0.969. The molecule has 3 nitrogen and oxygen atoms in total. The van der Waals surface area contributed by atoms with Crippen molar-refractivity contribution in [2.45, 2.75) is 12.3 Å². The number of hydrogen-bond donors (Lipinski definition) is 1. The molecule has 2 aromatic rings. The Morgan fingerprint density at radius 1 is 1.41 bits per heavy atom. The van der Waals surface area contributed by atoms with E-state index in [9.17, 15) is 13.6 Å². The van der Waals surface area contributed by atoms with Gasteiger partial charge in [-0.1, -0.05) is 12.1 Å². The highest BCUT2D eigenvalue weighted by atomic mass is 19.3. The highest BCUT2D eigenvalue weighted by molar-refractivity contribution is 5.85. The fraction of sp³-hybridized carbons (Fsp3) is 0.250. The summed E-state index contributed by atoms with van der Waals surface area (Å²) < 4.78 is 28.1. The minimum atomic E-state index is -3.73. The van der Waals surface area contributed by atoms with Gasteiger partial charge >= 0.3 is 11.9 Å². The van der Waals surface area contributed by atoms with E-state index in [4.69, 9.17) is 5.11 Å². The van der Waals surface area contributed by atoms with Crippen LogP contribution in [-0.2, 0) is 18.3 Å². The van der Waals surface area contributed by atoms with E-state index >= 15 is 0 Å². The van der Waals surface area contributed by atoms with Crippen molar-refractivity contribution < 1.29 is 18.7 Å². The van der Waals surface area contributed by atoms with E-state index in [-0.39, 0.29) is 0 Å². The van der Waals surface area contributed by atoms with E-state index in [1.807, 2.05) is 0 Å². The zero-order valence-corrected chi connectivity index (χ0v) is 9.15. The van der Waals surface area contributed by atoms with E-state index in [2.05, 4.69) is 0 Å². The van der Waals surface area contributed by atoms with Crippen LogP contribution in [0.1, 0.15) is 5.56 Å². The van der Waals surface area contributed by atoms with E-state index in [1.165, 1.54) is 6.07 Å². The molecule has 0 spiro atoms. The number of rotatable bonds is 3. The molecule has 0 aliphatic heterocycles. The molecule has 0 aliphatic rings. The van der Waals surface area contributed by atoms with Gasteiger partial charge in [0.25, 0.3) is 0 Å². The van der Waals surface area contributed by atoms with Crippen LogP contribution in [0.2, 0.25) is 0 Å². The van der Waals surface area contributed by atoms with Gasteiger partial charge in [-0.3, -0.25) is 0 Å². The van der Waals surface area contributed by atoms with Gasteiger partial charge in [-0.15, -0.1) is 0 Å². The largest absolute Gasteiger partial charge is 0.477 e. The highest BCUT2D eigenvalue weighted by Gasteiger charge is 2.39. The summed E-state index contributed by atoms with van der Waals surface area (Å²) in [5, 5.41) is 9.09. The van der Waals surface area contributed by atoms with Crippen LogP contribution in [0.4, 0.5) is 8.78 Å². The van der Waals surface area contributed by atoms with Crippen LogP contribution in [0, 0.1) is 0 Å². The molecule has 17 heavy (non-hydrogen) atoms. The number of aliphatic carboxylic acids is 1. The van der Waals surface area contributed by atoms with Crippen molar-refractivity contribution in [1.82, 2.24) is 4.57 Å². The molecular weight excluding hydrogens is 228 g/mol. The Hall–Kier alpha value is -1.91. The number of aryl methyl sites for hydroxylation is 1. The third kappa shape index (κ3) is 2.00. The number of nitrogens with zero attached hydrogens (tertiary/aromatic N) is 1. The highest BCUT2D eigenvalue weighted by Crippen LogP contribution is 2.26. The first-order valence-corrected chi connectivity index (χ1v) is 5.06. The number of carbonyl (C=O) groups is 1. The van der Waals surface area contributed by atoms with Crippen LogP contribution in [0.25, 0.3) is 10.9 Å². The van der Waals surface area contributed by atoms with Crippen LogP contribution in [-0.4, -0.2) is 21.6 Å². The van der Waals surface area contributed by atoms with Gasteiger partial charge in [0.05, 0.1) is 0 Å². The molecule has 0 saturated heterocycles. The van der Waals surface area contributed by atoms with E-state index in [1.54, 1.807) is 36.0 Å². The van der Waals surface area contributed by atoms with Gasteiger partial charge in [0, 0.05) is 30.6 Å². The van der Waals surface area contributed by atoms with Crippen LogP contribution in [0.3, 0.4) is 0 Å². The second-order valence-corrected chi connectivity index (χ2v) is 3.96. The molecule has 5 heteroatoms. The SMILES string of the molecule is Cn1ccc2c(CC(F)(F)C(=O)O)cccc21. The first-order chi connectivity index (χ1) is 7.92. The fourth-order valence-electron chi connectivity index (χ4n) is 1.84. The Morgan fingerprint density at radius 3 is 2.76 bits per heavy atom. The monoisotopic (exact) mass is 239 g/mol. The smallest absolute Gasteiger partial charge is 0.374 e. The molecule has 1 N–H and O–H groups in total. The van der Waals surface area contributed by atoms with Crippen LogP contribution < -0.4 is 0 Å². The molecular formula is C12H11F2NO2. The molecule has 0 bridgehead atoms. The zero-order chi connectivity index (χ0) is 12.6. The Morgan fingerprint density at radius 2 is 2.12 bits per heavy atom. The van der Waals surface area contributed by atoms with E-state index in [0.717, 1.165) is 5.52 Å². The van der Waals surface area contributed by atoms with Gasteiger partial charge in [-0.05, 0) is 17.7 Å². The number of fused-ring (bicyclic) bond motifs is 1. The number of aromatic nitrogens is 1. The first kappa shape index (κ1) is 11.6. The van der Waals surface area contributed by atoms with Crippen LogP contribution >= 0.6 is 0 Å². The maximum Gasteiger partial charge on any atom is 0.374 e. The van der Waals surface area contributed by atoms with E-state index in [0.29, 0.717) is 10.9 Å². The lowest BCUT2D eigenvalue weighted by Crippen LogP contribution is -2.30. The lowest BCUT2D eigenvalue weighted by atomic mass is 10.0. The lowest BCUT2D eigenvalue weighted by molar-refractivity contribution is -0.164. The molecule has 0 atom stereocenters. The number of halogens is 2. The second kappa shape index (κ2) is 3.84. The van der Waals surface area contributed by atoms with Gasteiger partial charge in [0.15, 0.2) is 0 Å². The predicted octanol–water partition coefficient (Wildman–Crippen LogP) is 2.44. The van der Waals surface area contributed by atoms with Crippen LogP contribution in [0.5, 0.6) is 0 Å². The minimum Gasteiger partial charge on any atom is -0.477 e. The average molecular weight is 239 g/mol. The number of benzene rings is 1. The van der Waals surface area contributed by atoms with Crippen molar-refractivity contribution >= 4 is 16.9 Å². The van der Waals surface area contributed by atoms with Gasteiger partial charge < -0.3 is 9.67 Å². The molecule has 0 amide bonds. The average Bonchev–Trinajstić information content (AvgIpc) is 2.61. The Bertz CT molecular complexity index is 575. The van der Waals surface area contributed by atoms with Gasteiger partial charge in [-0.25, -0.2) is 4.79 Å². The fourth-order valence-corrected chi connectivity index (χ4v) is 1.84. The molecule has 90 valence electrons. The third-order valence-corrected chi connectivity index (χ3v) is 2.74. The molecule has 0 radical (unpaired) electrons. The van der Waals surface area contributed by atoms with Crippen molar-refractivity contribution in [3.8, 4) is 0 Å². The lowest BCUT2D eigenvalue weighted by Gasteiger charge is -2.11. The summed E-state index contributed by atoms with van der Waals surface area (Å²) in [7, 11) is 1.81. The van der Waals surface area contributed by atoms with E-state index < -0.39 is 18.3 Å². The summed E-state index contributed by atoms with van der Waals surface area (Å²) in [4.78, 5) is 10.4. The van der Waals surface area contributed by atoms with Crippen molar-refractivity contribution in [2.75, 3.05) is 0 Å². The van der Waals surface area contributed by atoms with Crippen molar-refractivity contribution in [1.29, 1.82) is 0 Å². The van der Waals surface area contributed by atoms with Gasteiger partial charge in [0.2, 0.25) is 0 Å². The summed E-state index contributed by atoms with van der Waals surface area (Å²) in [6.45, 7) is 0. The first-order valence-electron chi connectivity index (χ1n) is 5.06. The predicted molar refractivity (Wildman–Crippen MR) is 59.2 cm³/mol. The topological polar surface area (TPSA) is 42.2 Å². The number of hydrogen-bond acceptors (Lipinski definition) is 1. The van der Waals surface area contributed by atoms with Gasteiger partial charge in [-0.2, -0.15) is 8.78 Å². The number of carboxylic acids is 1. The molecule has 1 heterocycles. The Balaban J connectivity index is 2.46. The normalized spacial score (nSPS) is 11.9. The maximum absolute atomic E-state index is 13.2. The summed E-state index contributed by atoms with van der Waals surface area (Å²) in [6, 6.07) is 6.69. The zero-order valence-electron chi connectivity index (χ0n) is 9.15. The minimum absolute atomic E-state index is 0.343. The molecule has 1 aromatic carbocycles. The summed E-state index contributed by atoms with van der Waals surface area (Å²) in [5.41, 5.74) is 1.15. The molecule has 1 aromatic heterocycles. The Labute approximate surface area is 96.3 Å².